The van der Waals surface area contributed by atoms with Crippen LogP contribution in [0.1, 0.15) is 67.8 Å². The van der Waals surface area contributed by atoms with Gasteiger partial charge in [0.15, 0.2) is 0 Å². The normalized spacial score (nSPS) is 12.6. The molecule has 1 aromatic rings. The molecule has 1 atom stereocenters. The third kappa shape index (κ3) is 7.58. The van der Waals surface area contributed by atoms with Crippen molar-refractivity contribution in [2.75, 3.05) is 0 Å². The Labute approximate surface area is 145 Å². The second-order valence-electron chi connectivity index (χ2n) is 6.00. The largest absolute Gasteiger partial charge is 0.480 e. The van der Waals surface area contributed by atoms with E-state index in [0.717, 1.165) is 50.3 Å². The van der Waals surface area contributed by atoms with Crippen LogP contribution in [0.5, 0.6) is 0 Å². The lowest BCUT2D eigenvalue weighted by atomic mass is 10.0. The van der Waals surface area contributed by atoms with Gasteiger partial charge in [0.1, 0.15) is 6.04 Å². The molecule has 140 valence electrons. The minimum absolute atomic E-state index is 0.205. The smallest absolute Gasteiger partial charge is 0.416 e. The van der Waals surface area contributed by atoms with Crippen molar-refractivity contribution in [3.05, 3.63) is 35.4 Å². The van der Waals surface area contributed by atoms with E-state index in [9.17, 15) is 27.9 Å². The van der Waals surface area contributed by atoms with Gasteiger partial charge in [-0.25, -0.2) is 4.79 Å². The molecule has 0 aliphatic rings. The summed E-state index contributed by atoms with van der Waals surface area (Å²) in [6, 6.07) is 2.84. The molecule has 1 aromatic carbocycles. The average Bonchev–Trinajstić information content (AvgIpc) is 2.55. The van der Waals surface area contributed by atoms with Gasteiger partial charge in [0.2, 0.25) is 0 Å². The summed E-state index contributed by atoms with van der Waals surface area (Å²) in [4.78, 5) is 23.3. The molecule has 0 heterocycles. The maximum atomic E-state index is 12.7. The molecule has 0 bridgehead atoms. The summed E-state index contributed by atoms with van der Waals surface area (Å²) >= 11 is 0. The lowest BCUT2D eigenvalue weighted by Crippen LogP contribution is -2.40. The van der Waals surface area contributed by atoms with Crippen molar-refractivity contribution >= 4 is 11.9 Å². The van der Waals surface area contributed by atoms with Crippen LogP contribution < -0.4 is 5.32 Å². The molecule has 0 unspecified atom stereocenters. The van der Waals surface area contributed by atoms with Gasteiger partial charge in [-0.1, -0.05) is 51.5 Å². The third-order valence-electron chi connectivity index (χ3n) is 3.90. The number of amides is 1. The highest BCUT2D eigenvalue weighted by molar-refractivity contribution is 5.96. The fourth-order valence-electron chi connectivity index (χ4n) is 2.46. The van der Waals surface area contributed by atoms with Crippen LogP contribution in [0.25, 0.3) is 0 Å². The Bertz CT molecular complexity index is 573. The van der Waals surface area contributed by atoms with Crippen molar-refractivity contribution < 1.29 is 27.9 Å². The molecule has 4 nitrogen and oxygen atoms in total. The standard InChI is InChI=1S/C18H24F3NO3/c1-2-3-4-5-6-7-11-15(17(24)25)22-16(23)13-9-8-10-14(12-13)18(19,20)21/h8-10,12,15H,2-7,11H2,1H3,(H,22,23)(H,24,25)/t15-/m0/s1. The number of halogens is 3. The first kappa shape index (κ1) is 21.0. The van der Waals surface area contributed by atoms with Crippen LogP contribution in [-0.4, -0.2) is 23.0 Å². The Hall–Kier alpha value is -2.05. The highest BCUT2D eigenvalue weighted by Gasteiger charge is 2.31. The van der Waals surface area contributed by atoms with E-state index in [-0.39, 0.29) is 12.0 Å². The van der Waals surface area contributed by atoms with Gasteiger partial charge in [-0.2, -0.15) is 13.2 Å². The molecule has 1 amide bonds. The highest BCUT2D eigenvalue weighted by atomic mass is 19.4. The zero-order valence-corrected chi connectivity index (χ0v) is 14.2. The molecule has 0 saturated carbocycles. The van der Waals surface area contributed by atoms with Gasteiger partial charge < -0.3 is 10.4 Å². The Balaban J connectivity index is 2.60. The zero-order valence-electron chi connectivity index (χ0n) is 14.2. The van der Waals surface area contributed by atoms with Crippen molar-refractivity contribution in [3.8, 4) is 0 Å². The molecule has 0 radical (unpaired) electrons. The number of benzene rings is 1. The summed E-state index contributed by atoms with van der Waals surface area (Å²) in [5.74, 6) is -2.00. The van der Waals surface area contributed by atoms with Crippen LogP contribution in [0.3, 0.4) is 0 Å². The number of nitrogens with one attached hydrogen (secondary N) is 1. The number of carbonyl (C=O) groups is 2. The van der Waals surface area contributed by atoms with E-state index in [0.29, 0.717) is 6.42 Å². The van der Waals surface area contributed by atoms with Gasteiger partial charge in [0.05, 0.1) is 5.56 Å². The number of unbranched alkanes of at least 4 members (excludes halogenated alkanes) is 5. The van der Waals surface area contributed by atoms with E-state index in [1.807, 2.05) is 0 Å². The predicted octanol–water partition coefficient (Wildman–Crippen LogP) is 4.64. The summed E-state index contributed by atoms with van der Waals surface area (Å²) in [5.41, 5.74) is -1.15. The Morgan fingerprint density at radius 3 is 2.36 bits per heavy atom. The molecular weight excluding hydrogens is 335 g/mol. The number of rotatable bonds is 10. The van der Waals surface area contributed by atoms with E-state index in [2.05, 4.69) is 12.2 Å². The average molecular weight is 359 g/mol. The van der Waals surface area contributed by atoms with Crippen LogP contribution in [-0.2, 0) is 11.0 Å². The molecule has 0 aliphatic carbocycles. The van der Waals surface area contributed by atoms with Crippen molar-refractivity contribution in [1.29, 1.82) is 0 Å². The fourth-order valence-corrected chi connectivity index (χ4v) is 2.46. The number of carbonyl (C=O) groups excluding carboxylic acids is 1. The molecule has 7 heteroatoms. The summed E-state index contributed by atoms with van der Waals surface area (Å²) in [6.45, 7) is 2.10. The predicted molar refractivity (Wildman–Crippen MR) is 88.3 cm³/mol. The van der Waals surface area contributed by atoms with Crippen LogP contribution >= 0.6 is 0 Å². The molecule has 0 spiro atoms. The van der Waals surface area contributed by atoms with Gasteiger partial charge in [-0.15, -0.1) is 0 Å². The van der Waals surface area contributed by atoms with Gasteiger partial charge in [0.25, 0.3) is 5.91 Å². The monoisotopic (exact) mass is 359 g/mol. The first-order valence-corrected chi connectivity index (χ1v) is 8.46. The SMILES string of the molecule is CCCCCCCC[C@H](NC(=O)c1cccc(C(F)(F)F)c1)C(=O)O. The van der Waals surface area contributed by atoms with Crippen molar-refractivity contribution in [2.45, 2.75) is 64.1 Å². The quantitative estimate of drug-likeness (QED) is 0.598. The topological polar surface area (TPSA) is 66.4 Å². The second kappa shape index (κ2) is 10.1. The van der Waals surface area contributed by atoms with E-state index >= 15 is 0 Å². The minimum atomic E-state index is -4.55. The second-order valence-corrected chi connectivity index (χ2v) is 6.00. The van der Waals surface area contributed by atoms with E-state index in [1.54, 1.807) is 0 Å². The molecule has 0 aliphatic heterocycles. The minimum Gasteiger partial charge on any atom is -0.480 e. The Kier molecular flexibility index (Phi) is 8.45. The third-order valence-corrected chi connectivity index (χ3v) is 3.90. The lowest BCUT2D eigenvalue weighted by molar-refractivity contribution is -0.139. The molecule has 0 aromatic heterocycles. The number of hydrogen-bond donors (Lipinski definition) is 2. The zero-order chi connectivity index (χ0) is 18.9. The first-order chi connectivity index (χ1) is 11.8. The van der Waals surface area contributed by atoms with E-state index in [4.69, 9.17) is 0 Å². The number of carboxylic acids is 1. The maximum absolute atomic E-state index is 12.7. The van der Waals surface area contributed by atoms with E-state index in [1.165, 1.54) is 6.07 Å². The van der Waals surface area contributed by atoms with Crippen LogP contribution in [0.4, 0.5) is 13.2 Å². The van der Waals surface area contributed by atoms with Crippen LogP contribution in [0.2, 0.25) is 0 Å². The fraction of sp³-hybridized carbons (Fsp3) is 0.556. The van der Waals surface area contributed by atoms with Crippen LogP contribution in [0, 0.1) is 0 Å². The van der Waals surface area contributed by atoms with Crippen molar-refractivity contribution in [1.82, 2.24) is 5.32 Å². The summed E-state index contributed by atoms with van der Waals surface area (Å²) in [5, 5.41) is 11.5. The summed E-state index contributed by atoms with van der Waals surface area (Å²) in [6.07, 6.45) is 1.55. The van der Waals surface area contributed by atoms with Crippen molar-refractivity contribution in [2.24, 2.45) is 0 Å². The first-order valence-electron chi connectivity index (χ1n) is 8.46. The summed E-state index contributed by atoms with van der Waals surface area (Å²) in [7, 11) is 0. The Morgan fingerprint density at radius 2 is 1.76 bits per heavy atom. The van der Waals surface area contributed by atoms with Gasteiger partial charge in [-0.3, -0.25) is 4.79 Å². The van der Waals surface area contributed by atoms with E-state index < -0.39 is 29.7 Å². The lowest BCUT2D eigenvalue weighted by Gasteiger charge is -2.15. The molecule has 0 saturated heterocycles. The molecule has 25 heavy (non-hydrogen) atoms. The van der Waals surface area contributed by atoms with Crippen molar-refractivity contribution in [3.63, 3.8) is 0 Å². The molecular formula is C18H24F3NO3. The summed E-state index contributed by atoms with van der Waals surface area (Å²) < 4.78 is 38.1. The number of aliphatic carboxylic acids is 1. The molecule has 0 fully saturated rings. The number of carboxylic acid groups (broad SMARTS) is 1. The van der Waals surface area contributed by atoms with Gasteiger partial charge in [0, 0.05) is 5.56 Å². The van der Waals surface area contributed by atoms with Gasteiger partial charge in [-0.05, 0) is 24.6 Å². The van der Waals surface area contributed by atoms with Gasteiger partial charge >= 0.3 is 12.1 Å². The maximum Gasteiger partial charge on any atom is 0.416 e. The number of hydrogen-bond acceptors (Lipinski definition) is 2. The molecule has 1 rings (SSSR count). The number of alkyl halides is 3. The van der Waals surface area contributed by atoms with Crippen LogP contribution in [0.15, 0.2) is 24.3 Å². The molecule has 2 N–H and O–H groups in total. The highest BCUT2D eigenvalue weighted by Crippen LogP contribution is 2.29. The Morgan fingerprint density at radius 1 is 1.12 bits per heavy atom.